The Morgan fingerprint density at radius 2 is 1.68 bits per heavy atom. The van der Waals surface area contributed by atoms with Gasteiger partial charge in [-0.15, -0.1) is 0 Å². The van der Waals surface area contributed by atoms with Crippen LogP contribution in [0.5, 0.6) is 23.0 Å². The van der Waals surface area contributed by atoms with Crippen molar-refractivity contribution in [1.82, 2.24) is 4.57 Å². The van der Waals surface area contributed by atoms with Gasteiger partial charge in [-0.1, -0.05) is 37.3 Å². The number of carbonyl (C=O) groups is 1. The van der Waals surface area contributed by atoms with E-state index in [1.54, 1.807) is 58.6 Å². The van der Waals surface area contributed by atoms with Crippen LogP contribution in [0.25, 0.3) is 6.08 Å². The van der Waals surface area contributed by atoms with Gasteiger partial charge in [0.05, 0.1) is 56.9 Å². The van der Waals surface area contributed by atoms with Crippen LogP contribution in [0.4, 0.5) is 0 Å². The number of thiazole rings is 1. The van der Waals surface area contributed by atoms with Gasteiger partial charge in [-0.05, 0) is 60.7 Å². The van der Waals surface area contributed by atoms with Gasteiger partial charge in [-0.2, -0.15) is 0 Å². The molecule has 1 aliphatic rings. The SMILES string of the molecule is COC(=O)C1=C(C)N=c2sc(=Cc3ccc(OC)c(OC)c3)c(=O)n2C1c1ccc(OCCC(C)C)c(OC)c1. The van der Waals surface area contributed by atoms with E-state index in [9.17, 15) is 9.59 Å². The summed E-state index contributed by atoms with van der Waals surface area (Å²) in [5, 5.41) is 0. The van der Waals surface area contributed by atoms with Crippen molar-refractivity contribution in [3.63, 3.8) is 0 Å². The first-order chi connectivity index (χ1) is 19.2. The summed E-state index contributed by atoms with van der Waals surface area (Å²) in [6.45, 7) is 6.55. The smallest absolute Gasteiger partial charge is 0.338 e. The second kappa shape index (κ2) is 12.4. The Hall–Kier alpha value is -4.05. The summed E-state index contributed by atoms with van der Waals surface area (Å²) < 4.78 is 29.4. The molecule has 0 fully saturated rings. The van der Waals surface area contributed by atoms with Crippen LogP contribution < -0.4 is 33.8 Å². The number of fused-ring (bicyclic) bond motifs is 1. The summed E-state index contributed by atoms with van der Waals surface area (Å²) in [5.74, 6) is 2.18. The summed E-state index contributed by atoms with van der Waals surface area (Å²) in [6, 6.07) is 10.1. The lowest BCUT2D eigenvalue weighted by Crippen LogP contribution is -2.39. The van der Waals surface area contributed by atoms with E-state index < -0.39 is 12.0 Å². The zero-order valence-corrected chi connectivity index (χ0v) is 24.6. The number of aromatic nitrogens is 1. The van der Waals surface area contributed by atoms with Crippen LogP contribution in [0, 0.1) is 5.92 Å². The van der Waals surface area contributed by atoms with E-state index in [2.05, 4.69) is 18.8 Å². The third kappa shape index (κ3) is 5.77. The highest BCUT2D eigenvalue weighted by Gasteiger charge is 2.33. The van der Waals surface area contributed by atoms with Gasteiger partial charge in [0.15, 0.2) is 27.8 Å². The Kier molecular flexibility index (Phi) is 8.99. The van der Waals surface area contributed by atoms with E-state index in [0.717, 1.165) is 12.0 Å². The number of rotatable bonds is 10. The summed E-state index contributed by atoms with van der Waals surface area (Å²) in [6.07, 6.45) is 2.67. The van der Waals surface area contributed by atoms with Crippen molar-refractivity contribution in [2.75, 3.05) is 35.0 Å². The highest BCUT2D eigenvalue weighted by atomic mass is 32.1. The lowest BCUT2D eigenvalue weighted by atomic mass is 9.95. The Balaban J connectivity index is 1.86. The maximum absolute atomic E-state index is 13.9. The fourth-order valence-electron chi connectivity index (χ4n) is 4.48. The van der Waals surface area contributed by atoms with Crippen molar-refractivity contribution in [1.29, 1.82) is 0 Å². The Morgan fingerprint density at radius 3 is 2.33 bits per heavy atom. The lowest BCUT2D eigenvalue weighted by Gasteiger charge is -2.25. The predicted molar refractivity (Wildman–Crippen MR) is 153 cm³/mol. The largest absolute Gasteiger partial charge is 0.493 e. The predicted octanol–water partition coefficient (Wildman–Crippen LogP) is 3.86. The molecule has 0 saturated carbocycles. The molecule has 212 valence electrons. The number of benzene rings is 2. The van der Waals surface area contributed by atoms with E-state index >= 15 is 0 Å². The number of nitrogens with zero attached hydrogens (tertiary/aromatic N) is 2. The van der Waals surface area contributed by atoms with E-state index in [1.807, 2.05) is 12.1 Å². The molecule has 2 heterocycles. The standard InChI is InChI=1S/C30H34N2O7S/c1-17(2)12-13-39-22-11-9-20(16-24(22)37-6)27-26(29(34)38-7)18(3)31-30-32(27)28(33)25(40-30)15-19-8-10-21(35-4)23(14-19)36-5/h8-11,14-17,27H,12-13H2,1-7H3. The molecule has 0 bridgehead atoms. The first-order valence-corrected chi connectivity index (χ1v) is 13.7. The maximum atomic E-state index is 13.9. The molecule has 1 unspecified atom stereocenters. The van der Waals surface area contributed by atoms with E-state index in [4.69, 9.17) is 23.7 Å². The number of hydrogen-bond acceptors (Lipinski definition) is 9. The second-order valence-electron chi connectivity index (χ2n) is 9.63. The van der Waals surface area contributed by atoms with E-state index in [0.29, 0.717) is 56.1 Å². The maximum Gasteiger partial charge on any atom is 0.338 e. The number of hydrogen-bond donors (Lipinski definition) is 0. The molecule has 1 atom stereocenters. The minimum Gasteiger partial charge on any atom is -0.493 e. The first kappa shape index (κ1) is 28.9. The Morgan fingerprint density at radius 1 is 1.00 bits per heavy atom. The van der Waals surface area contributed by atoms with Gasteiger partial charge < -0.3 is 23.7 Å². The van der Waals surface area contributed by atoms with Crippen LogP contribution >= 0.6 is 11.3 Å². The molecule has 4 rings (SSSR count). The molecule has 0 N–H and O–H groups in total. The van der Waals surface area contributed by atoms with Gasteiger partial charge >= 0.3 is 5.97 Å². The van der Waals surface area contributed by atoms with Crippen molar-refractivity contribution >= 4 is 23.4 Å². The molecular weight excluding hydrogens is 532 g/mol. The highest BCUT2D eigenvalue weighted by molar-refractivity contribution is 7.07. The average Bonchev–Trinajstić information content (AvgIpc) is 3.25. The van der Waals surface area contributed by atoms with Gasteiger partial charge in [0.2, 0.25) is 0 Å². The summed E-state index contributed by atoms with van der Waals surface area (Å²) in [5.41, 5.74) is 1.90. The van der Waals surface area contributed by atoms with Crippen molar-refractivity contribution in [2.24, 2.45) is 10.9 Å². The molecule has 1 aromatic heterocycles. The summed E-state index contributed by atoms with van der Waals surface area (Å²) in [4.78, 5) is 31.9. The van der Waals surface area contributed by atoms with Gasteiger partial charge in [0.25, 0.3) is 5.56 Å². The number of ether oxygens (including phenoxy) is 5. The zero-order chi connectivity index (χ0) is 29.0. The van der Waals surface area contributed by atoms with Gasteiger partial charge in [0.1, 0.15) is 0 Å². The van der Waals surface area contributed by atoms with Crippen molar-refractivity contribution in [3.8, 4) is 23.0 Å². The normalized spacial score (nSPS) is 15.0. The van der Waals surface area contributed by atoms with Crippen LogP contribution in [0.3, 0.4) is 0 Å². The molecule has 0 radical (unpaired) electrons. The lowest BCUT2D eigenvalue weighted by molar-refractivity contribution is -0.136. The molecule has 9 nitrogen and oxygen atoms in total. The fourth-order valence-corrected chi connectivity index (χ4v) is 5.53. The molecule has 0 saturated heterocycles. The van der Waals surface area contributed by atoms with Crippen molar-refractivity contribution in [2.45, 2.75) is 33.2 Å². The van der Waals surface area contributed by atoms with E-state index in [1.165, 1.54) is 23.0 Å². The van der Waals surface area contributed by atoms with Crippen LogP contribution in [0.15, 0.2) is 57.5 Å². The molecule has 0 amide bonds. The molecule has 40 heavy (non-hydrogen) atoms. The average molecular weight is 567 g/mol. The molecule has 0 aliphatic carbocycles. The molecule has 1 aliphatic heterocycles. The number of esters is 1. The topological polar surface area (TPSA) is 97.6 Å². The quantitative estimate of drug-likeness (QED) is 0.344. The van der Waals surface area contributed by atoms with Crippen LogP contribution in [-0.4, -0.2) is 45.6 Å². The van der Waals surface area contributed by atoms with Gasteiger partial charge in [0, 0.05) is 0 Å². The van der Waals surface area contributed by atoms with Crippen LogP contribution in [0.2, 0.25) is 0 Å². The molecule has 2 aromatic carbocycles. The second-order valence-corrected chi connectivity index (χ2v) is 10.6. The minimum absolute atomic E-state index is 0.281. The summed E-state index contributed by atoms with van der Waals surface area (Å²) in [7, 11) is 6.00. The highest BCUT2D eigenvalue weighted by Crippen LogP contribution is 2.36. The first-order valence-electron chi connectivity index (χ1n) is 12.9. The van der Waals surface area contributed by atoms with Crippen LogP contribution in [0.1, 0.15) is 44.4 Å². The fraction of sp³-hybridized carbons (Fsp3) is 0.367. The van der Waals surface area contributed by atoms with Crippen molar-refractivity contribution < 1.29 is 28.5 Å². The number of methoxy groups -OCH3 is 4. The number of carbonyl (C=O) groups excluding carboxylic acids is 1. The molecular formula is C30H34N2O7S. The summed E-state index contributed by atoms with van der Waals surface area (Å²) >= 11 is 1.24. The number of allylic oxidation sites excluding steroid dienone is 1. The van der Waals surface area contributed by atoms with Crippen LogP contribution in [-0.2, 0) is 9.53 Å². The van der Waals surface area contributed by atoms with Gasteiger partial charge in [-0.25, -0.2) is 9.79 Å². The third-order valence-corrected chi connectivity index (χ3v) is 7.57. The monoisotopic (exact) mass is 566 g/mol. The van der Waals surface area contributed by atoms with Crippen molar-refractivity contribution in [3.05, 3.63) is 78.5 Å². The zero-order valence-electron chi connectivity index (χ0n) is 23.8. The molecule has 3 aromatic rings. The third-order valence-electron chi connectivity index (χ3n) is 6.59. The van der Waals surface area contributed by atoms with Gasteiger partial charge in [-0.3, -0.25) is 9.36 Å². The Bertz CT molecular complexity index is 1620. The van der Waals surface area contributed by atoms with E-state index in [-0.39, 0.29) is 11.1 Å². The minimum atomic E-state index is -0.769. The Labute approximate surface area is 236 Å². The molecule has 10 heteroatoms. The molecule has 0 spiro atoms.